The van der Waals surface area contributed by atoms with Gasteiger partial charge in [-0.2, -0.15) is 0 Å². The minimum Gasteiger partial charge on any atom is -0.483 e. The molecule has 28 heavy (non-hydrogen) atoms. The summed E-state index contributed by atoms with van der Waals surface area (Å²) >= 11 is 0. The Hall–Kier alpha value is -1.68. The smallest absolute Gasteiger partial charge is 0.290 e. The highest BCUT2D eigenvalue weighted by Crippen LogP contribution is 2.37. The number of unbranched alkanes of at least 4 members (excludes halogenated alkanes) is 1. The molecule has 158 valence electrons. The number of aliphatic hydroxyl groups is 1. The van der Waals surface area contributed by atoms with E-state index >= 15 is 0 Å². The zero-order valence-corrected chi connectivity index (χ0v) is 17.3. The first-order valence-corrected chi connectivity index (χ1v) is 10.5. The third kappa shape index (κ3) is 9.50. The largest absolute Gasteiger partial charge is 0.483 e. The van der Waals surface area contributed by atoms with Gasteiger partial charge in [-0.25, -0.2) is 0 Å². The van der Waals surface area contributed by atoms with E-state index in [0.717, 1.165) is 37.2 Å². The van der Waals surface area contributed by atoms with Crippen LogP contribution < -0.4 is 0 Å². The van der Waals surface area contributed by atoms with Gasteiger partial charge in [-0.1, -0.05) is 42.7 Å². The minimum absolute atomic E-state index is 0.162. The highest BCUT2D eigenvalue weighted by molar-refractivity contribution is 5.32. The van der Waals surface area contributed by atoms with E-state index < -0.39 is 0 Å². The van der Waals surface area contributed by atoms with Gasteiger partial charge in [0.15, 0.2) is 0 Å². The standard InChI is InChI=1S/C23H35FO.CH2O2/c1-18(2)15-21(17-25)16-20-8-12-23(13-9-20)22-10-6-19(7-11-22)5-3-4-14-24;2-1-3/h8-9,12-13,19,21-22,25H,1,3-7,10-11,14-17H2,2H3;1H,(H,2,3). The first-order chi connectivity index (χ1) is 13.5. The fraction of sp³-hybridized carbons (Fsp3) is 0.625. The second-order valence-corrected chi connectivity index (χ2v) is 8.16. The van der Waals surface area contributed by atoms with Crippen LogP contribution in [0, 0.1) is 11.8 Å². The molecule has 1 fully saturated rings. The highest BCUT2D eigenvalue weighted by Gasteiger charge is 2.22. The van der Waals surface area contributed by atoms with Crippen molar-refractivity contribution in [3.63, 3.8) is 0 Å². The molecular formula is C24H37FO3. The molecule has 1 saturated carbocycles. The van der Waals surface area contributed by atoms with Gasteiger partial charge < -0.3 is 10.2 Å². The summed E-state index contributed by atoms with van der Waals surface area (Å²) in [5.74, 6) is 1.79. The van der Waals surface area contributed by atoms with Crippen molar-refractivity contribution in [3.8, 4) is 0 Å². The van der Waals surface area contributed by atoms with E-state index in [0.29, 0.717) is 5.92 Å². The van der Waals surface area contributed by atoms with Gasteiger partial charge in [0.2, 0.25) is 0 Å². The summed E-state index contributed by atoms with van der Waals surface area (Å²) in [6.07, 6.45) is 9.95. The van der Waals surface area contributed by atoms with Crippen molar-refractivity contribution >= 4 is 6.47 Å². The molecule has 0 amide bonds. The summed E-state index contributed by atoms with van der Waals surface area (Å²) < 4.78 is 12.2. The van der Waals surface area contributed by atoms with Gasteiger partial charge in [0.05, 0.1) is 6.67 Å². The summed E-state index contributed by atoms with van der Waals surface area (Å²) in [4.78, 5) is 8.36. The fourth-order valence-corrected chi connectivity index (χ4v) is 4.27. The lowest BCUT2D eigenvalue weighted by atomic mass is 9.77. The Kier molecular flexibility index (Phi) is 12.5. The third-order valence-electron chi connectivity index (χ3n) is 5.71. The molecule has 0 bridgehead atoms. The highest BCUT2D eigenvalue weighted by atomic mass is 19.1. The Morgan fingerprint density at radius 1 is 1.21 bits per heavy atom. The average molecular weight is 393 g/mol. The molecule has 1 aromatic rings. The number of carboxylic acid groups (broad SMARTS) is 1. The van der Waals surface area contributed by atoms with E-state index in [9.17, 15) is 9.50 Å². The maximum atomic E-state index is 12.2. The number of halogens is 1. The summed E-state index contributed by atoms with van der Waals surface area (Å²) in [6.45, 7) is 5.80. The summed E-state index contributed by atoms with van der Waals surface area (Å²) in [5, 5.41) is 16.4. The lowest BCUT2D eigenvalue weighted by molar-refractivity contribution is -0.122. The molecule has 1 unspecified atom stereocenters. The van der Waals surface area contributed by atoms with Crippen LogP contribution in [0.25, 0.3) is 0 Å². The predicted molar refractivity (Wildman–Crippen MR) is 113 cm³/mol. The second kappa shape index (κ2) is 14.3. The lowest BCUT2D eigenvalue weighted by Crippen LogP contribution is -2.14. The quantitative estimate of drug-likeness (QED) is 0.295. The van der Waals surface area contributed by atoms with Crippen LogP contribution in [-0.4, -0.2) is 30.0 Å². The van der Waals surface area contributed by atoms with Gasteiger partial charge in [-0.15, -0.1) is 6.58 Å². The van der Waals surface area contributed by atoms with E-state index in [1.165, 1.54) is 43.2 Å². The van der Waals surface area contributed by atoms with Gasteiger partial charge >= 0.3 is 0 Å². The first-order valence-electron chi connectivity index (χ1n) is 10.5. The van der Waals surface area contributed by atoms with E-state index in [-0.39, 0.29) is 25.7 Å². The SMILES string of the molecule is C=C(C)CC(CO)Cc1ccc(C2CCC(CCCCF)CC2)cc1.O=CO. The second-order valence-electron chi connectivity index (χ2n) is 8.16. The monoisotopic (exact) mass is 392 g/mol. The number of hydrogen-bond donors (Lipinski definition) is 2. The summed E-state index contributed by atoms with van der Waals surface area (Å²) in [6, 6.07) is 9.06. The van der Waals surface area contributed by atoms with Crippen LogP contribution in [-0.2, 0) is 11.2 Å². The molecule has 1 aliphatic rings. The predicted octanol–water partition coefficient (Wildman–Crippen LogP) is 5.92. The van der Waals surface area contributed by atoms with Gasteiger partial charge in [0.1, 0.15) is 0 Å². The molecule has 2 rings (SSSR count). The molecule has 0 aliphatic heterocycles. The molecule has 0 saturated heterocycles. The number of alkyl halides is 1. The third-order valence-corrected chi connectivity index (χ3v) is 5.71. The number of allylic oxidation sites excluding steroid dienone is 1. The Bertz CT molecular complexity index is 547. The van der Waals surface area contributed by atoms with Crippen LogP contribution in [0.5, 0.6) is 0 Å². The van der Waals surface area contributed by atoms with Crippen LogP contribution in [0.3, 0.4) is 0 Å². The molecule has 0 radical (unpaired) electrons. The molecule has 1 aromatic carbocycles. The number of aliphatic hydroxyl groups excluding tert-OH is 1. The lowest BCUT2D eigenvalue weighted by Gasteiger charge is -2.29. The van der Waals surface area contributed by atoms with Gasteiger partial charge in [0, 0.05) is 6.61 Å². The van der Waals surface area contributed by atoms with Crippen LogP contribution in [0.2, 0.25) is 0 Å². The number of benzene rings is 1. The minimum atomic E-state index is -0.250. The van der Waals surface area contributed by atoms with Crippen molar-refractivity contribution in [3.05, 3.63) is 47.5 Å². The molecule has 2 N–H and O–H groups in total. The number of hydrogen-bond acceptors (Lipinski definition) is 2. The van der Waals surface area contributed by atoms with E-state index in [1.54, 1.807) is 0 Å². The van der Waals surface area contributed by atoms with E-state index in [4.69, 9.17) is 9.90 Å². The van der Waals surface area contributed by atoms with Gasteiger partial charge in [-0.3, -0.25) is 9.18 Å². The zero-order chi connectivity index (χ0) is 20.8. The molecular weight excluding hydrogens is 355 g/mol. The van der Waals surface area contributed by atoms with Gasteiger partial charge in [0.25, 0.3) is 6.47 Å². The zero-order valence-electron chi connectivity index (χ0n) is 17.3. The average Bonchev–Trinajstić information content (AvgIpc) is 2.69. The number of carbonyl (C=O) groups is 1. The van der Waals surface area contributed by atoms with Crippen molar-refractivity contribution in [1.82, 2.24) is 0 Å². The summed E-state index contributed by atoms with van der Waals surface area (Å²) in [5.41, 5.74) is 3.91. The van der Waals surface area contributed by atoms with Crippen molar-refractivity contribution in [1.29, 1.82) is 0 Å². The Balaban J connectivity index is 0.00000122. The van der Waals surface area contributed by atoms with Crippen molar-refractivity contribution < 1.29 is 19.4 Å². The van der Waals surface area contributed by atoms with Crippen molar-refractivity contribution in [2.75, 3.05) is 13.3 Å². The summed E-state index contributed by atoms with van der Waals surface area (Å²) in [7, 11) is 0. The molecule has 4 heteroatoms. The molecule has 1 atom stereocenters. The fourth-order valence-electron chi connectivity index (χ4n) is 4.27. The number of rotatable bonds is 10. The van der Waals surface area contributed by atoms with Crippen LogP contribution in [0.15, 0.2) is 36.4 Å². The molecule has 0 heterocycles. The maximum absolute atomic E-state index is 12.2. The Morgan fingerprint density at radius 2 is 1.82 bits per heavy atom. The van der Waals surface area contributed by atoms with E-state index in [1.807, 2.05) is 6.92 Å². The Morgan fingerprint density at radius 3 is 2.32 bits per heavy atom. The first kappa shape index (κ1) is 24.4. The molecule has 0 aromatic heterocycles. The maximum Gasteiger partial charge on any atom is 0.290 e. The Labute approximate surface area is 169 Å². The van der Waals surface area contributed by atoms with Crippen LogP contribution in [0.1, 0.15) is 75.3 Å². The topological polar surface area (TPSA) is 57.5 Å². The normalized spacial score (nSPS) is 20.0. The van der Waals surface area contributed by atoms with E-state index in [2.05, 4.69) is 30.8 Å². The van der Waals surface area contributed by atoms with Crippen molar-refractivity contribution in [2.24, 2.45) is 11.8 Å². The van der Waals surface area contributed by atoms with Crippen LogP contribution in [0.4, 0.5) is 4.39 Å². The molecule has 3 nitrogen and oxygen atoms in total. The van der Waals surface area contributed by atoms with Gasteiger partial charge in [-0.05, 0) is 80.8 Å². The van der Waals surface area contributed by atoms with Crippen molar-refractivity contribution in [2.45, 2.75) is 70.6 Å². The van der Waals surface area contributed by atoms with Crippen LogP contribution >= 0.6 is 0 Å². The molecule has 0 spiro atoms. The molecule has 1 aliphatic carbocycles.